The molecule has 0 heterocycles. The summed E-state index contributed by atoms with van der Waals surface area (Å²) in [5, 5.41) is 0. The van der Waals surface area contributed by atoms with E-state index in [2.05, 4.69) is 30.9 Å². The van der Waals surface area contributed by atoms with Gasteiger partial charge in [0.05, 0.1) is 13.5 Å². The quantitative estimate of drug-likeness (QED) is 0.710. The molecule has 0 aromatic heterocycles. The van der Waals surface area contributed by atoms with Crippen LogP contribution in [-0.2, 0) is 9.53 Å². The lowest BCUT2D eigenvalue weighted by molar-refractivity contribution is -0.142. The van der Waals surface area contributed by atoms with Crippen molar-refractivity contribution in [2.75, 3.05) is 20.2 Å². The molecule has 0 amide bonds. The van der Waals surface area contributed by atoms with Crippen molar-refractivity contribution in [1.29, 1.82) is 0 Å². The van der Waals surface area contributed by atoms with Gasteiger partial charge in [0.25, 0.3) is 0 Å². The summed E-state index contributed by atoms with van der Waals surface area (Å²) in [7, 11) is 1.44. The van der Waals surface area contributed by atoms with E-state index in [4.69, 9.17) is 4.74 Å². The number of hydrogen-bond donors (Lipinski definition) is 0. The molecule has 1 aromatic rings. The maximum atomic E-state index is 11.5. The fraction of sp³-hybridized carbons (Fsp3) is 0.500. The van der Waals surface area contributed by atoms with Crippen LogP contribution in [0, 0.1) is 0 Å². The summed E-state index contributed by atoms with van der Waals surface area (Å²) in [5.41, 5.74) is 1.17. The van der Waals surface area contributed by atoms with Crippen molar-refractivity contribution in [3.05, 3.63) is 35.9 Å². The molecule has 3 heteroatoms. The normalized spacial score (nSPS) is 12.5. The molecular weight excluding hydrogens is 214 g/mol. The average molecular weight is 235 g/mol. The molecule has 1 aromatic carbocycles. The highest BCUT2D eigenvalue weighted by Crippen LogP contribution is 2.24. The van der Waals surface area contributed by atoms with E-state index in [0.29, 0.717) is 6.42 Å². The van der Waals surface area contributed by atoms with Gasteiger partial charge in [-0.2, -0.15) is 0 Å². The van der Waals surface area contributed by atoms with E-state index in [-0.39, 0.29) is 12.0 Å². The van der Waals surface area contributed by atoms with Crippen molar-refractivity contribution >= 4 is 5.97 Å². The third kappa shape index (κ3) is 3.86. The molecule has 0 radical (unpaired) electrons. The number of carbonyl (C=O) groups excluding carboxylic acids is 1. The monoisotopic (exact) mass is 235 g/mol. The zero-order chi connectivity index (χ0) is 12.7. The number of nitrogens with zero attached hydrogens (tertiary/aromatic N) is 1. The summed E-state index contributed by atoms with van der Waals surface area (Å²) in [4.78, 5) is 13.8. The highest BCUT2D eigenvalue weighted by Gasteiger charge is 2.21. The first kappa shape index (κ1) is 13.7. The Balaban J connectivity index is 2.89. The van der Waals surface area contributed by atoms with Crippen molar-refractivity contribution in [3.63, 3.8) is 0 Å². The molecule has 0 saturated carbocycles. The van der Waals surface area contributed by atoms with E-state index in [1.807, 2.05) is 18.2 Å². The molecule has 0 aliphatic rings. The molecule has 0 saturated heterocycles. The molecule has 0 aliphatic heterocycles. The van der Waals surface area contributed by atoms with E-state index in [0.717, 1.165) is 13.1 Å². The van der Waals surface area contributed by atoms with Crippen molar-refractivity contribution in [2.45, 2.75) is 26.3 Å². The number of rotatable bonds is 6. The maximum Gasteiger partial charge on any atom is 0.307 e. The molecule has 0 N–H and O–H groups in total. The Kier molecular flexibility index (Phi) is 5.70. The summed E-state index contributed by atoms with van der Waals surface area (Å²) in [5.74, 6) is -0.161. The fourth-order valence-electron chi connectivity index (χ4n) is 2.04. The summed E-state index contributed by atoms with van der Waals surface area (Å²) in [6.45, 7) is 6.06. The second-order valence-electron chi connectivity index (χ2n) is 3.93. The lowest BCUT2D eigenvalue weighted by atomic mass is 10.0. The molecule has 0 aliphatic carbocycles. The number of esters is 1. The lowest BCUT2D eigenvalue weighted by Gasteiger charge is -2.29. The van der Waals surface area contributed by atoms with Crippen LogP contribution in [-0.4, -0.2) is 31.1 Å². The van der Waals surface area contributed by atoms with Gasteiger partial charge in [0.1, 0.15) is 0 Å². The second-order valence-corrected chi connectivity index (χ2v) is 3.93. The molecule has 3 nitrogen and oxygen atoms in total. The Morgan fingerprint density at radius 3 is 2.29 bits per heavy atom. The molecule has 0 fully saturated rings. The molecule has 0 spiro atoms. The predicted molar refractivity (Wildman–Crippen MR) is 68.7 cm³/mol. The standard InChI is InChI=1S/C14H21NO2/c1-4-15(5-2)13(11-14(16)17-3)12-9-7-6-8-10-12/h6-10,13H,4-5,11H2,1-3H3/t13-/m0/s1. The molecule has 17 heavy (non-hydrogen) atoms. The smallest absolute Gasteiger partial charge is 0.307 e. The van der Waals surface area contributed by atoms with Crippen LogP contribution in [0.1, 0.15) is 31.9 Å². The van der Waals surface area contributed by atoms with Gasteiger partial charge in [-0.1, -0.05) is 44.2 Å². The number of ether oxygens (including phenoxy) is 1. The van der Waals surface area contributed by atoms with Gasteiger partial charge in [-0.05, 0) is 18.7 Å². The van der Waals surface area contributed by atoms with Gasteiger partial charge in [-0.15, -0.1) is 0 Å². The third-order valence-corrected chi connectivity index (χ3v) is 3.03. The summed E-state index contributed by atoms with van der Waals surface area (Å²) < 4.78 is 4.78. The molecular formula is C14H21NO2. The highest BCUT2D eigenvalue weighted by molar-refractivity contribution is 5.70. The first-order valence-corrected chi connectivity index (χ1v) is 6.08. The molecule has 1 rings (SSSR count). The van der Waals surface area contributed by atoms with Crippen LogP contribution in [0.15, 0.2) is 30.3 Å². The molecule has 0 unspecified atom stereocenters. The largest absolute Gasteiger partial charge is 0.469 e. The second kappa shape index (κ2) is 7.07. The number of hydrogen-bond acceptors (Lipinski definition) is 3. The topological polar surface area (TPSA) is 29.5 Å². The van der Waals surface area contributed by atoms with E-state index in [1.165, 1.54) is 12.7 Å². The number of carbonyl (C=O) groups is 1. The van der Waals surface area contributed by atoms with Gasteiger partial charge in [0.15, 0.2) is 0 Å². The summed E-state index contributed by atoms with van der Waals surface area (Å²) in [6.07, 6.45) is 0.405. The minimum Gasteiger partial charge on any atom is -0.469 e. The van der Waals surface area contributed by atoms with Crippen molar-refractivity contribution in [2.24, 2.45) is 0 Å². The van der Waals surface area contributed by atoms with Crippen LogP contribution >= 0.6 is 0 Å². The van der Waals surface area contributed by atoms with Crippen LogP contribution < -0.4 is 0 Å². The SMILES string of the molecule is CCN(CC)[C@@H](CC(=O)OC)c1ccccc1. The minimum absolute atomic E-state index is 0.110. The van der Waals surface area contributed by atoms with E-state index >= 15 is 0 Å². The first-order chi connectivity index (χ1) is 8.22. The molecule has 0 bridgehead atoms. The number of benzene rings is 1. The van der Waals surface area contributed by atoms with Gasteiger partial charge in [-0.25, -0.2) is 0 Å². The fourth-order valence-corrected chi connectivity index (χ4v) is 2.04. The van der Waals surface area contributed by atoms with Crippen LogP contribution in [0.2, 0.25) is 0 Å². The maximum absolute atomic E-state index is 11.5. The van der Waals surface area contributed by atoms with Crippen LogP contribution in [0.5, 0.6) is 0 Å². The van der Waals surface area contributed by atoms with Crippen LogP contribution in [0.25, 0.3) is 0 Å². The van der Waals surface area contributed by atoms with Crippen molar-refractivity contribution in [3.8, 4) is 0 Å². The first-order valence-electron chi connectivity index (χ1n) is 6.08. The van der Waals surface area contributed by atoms with Crippen LogP contribution in [0.3, 0.4) is 0 Å². The Morgan fingerprint density at radius 2 is 1.82 bits per heavy atom. The third-order valence-electron chi connectivity index (χ3n) is 3.03. The highest BCUT2D eigenvalue weighted by atomic mass is 16.5. The van der Waals surface area contributed by atoms with Gasteiger partial charge in [0, 0.05) is 6.04 Å². The Bertz CT molecular complexity index is 333. The Labute approximate surface area is 103 Å². The molecule has 1 atom stereocenters. The van der Waals surface area contributed by atoms with Gasteiger partial charge < -0.3 is 4.74 Å². The average Bonchev–Trinajstić information content (AvgIpc) is 2.39. The lowest BCUT2D eigenvalue weighted by Crippen LogP contribution is -2.30. The van der Waals surface area contributed by atoms with Crippen molar-refractivity contribution in [1.82, 2.24) is 4.90 Å². The Hall–Kier alpha value is -1.35. The number of methoxy groups -OCH3 is 1. The van der Waals surface area contributed by atoms with Crippen LogP contribution in [0.4, 0.5) is 0 Å². The van der Waals surface area contributed by atoms with E-state index in [1.54, 1.807) is 0 Å². The van der Waals surface area contributed by atoms with Gasteiger partial charge in [-0.3, -0.25) is 9.69 Å². The summed E-state index contributed by atoms with van der Waals surface area (Å²) in [6, 6.07) is 10.2. The van der Waals surface area contributed by atoms with Gasteiger partial charge >= 0.3 is 5.97 Å². The van der Waals surface area contributed by atoms with Crippen molar-refractivity contribution < 1.29 is 9.53 Å². The molecule has 94 valence electrons. The zero-order valence-corrected chi connectivity index (χ0v) is 10.8. The van der Waals surface area contributed by atoms with E-state index < -0.39 is 0 Å². The van der Waals surface area contributed by atoms with E-state index in [9.17, 15) is 4.79 Å². The Morgan fingerprint density at radius 1 is 1.24 bits per heavy atom. The summed E-state index contributed by atoms with van der Waals surface area (Å²) >= 11 is 0. The predicted octanol–water partition coefficient (Wildman–Crippen LogP) is 2.63. The van der Waals surface area contributed by atoms with Gasteiger partial charge in [0.2, 0.25) is 0 Å². The zero-order valence-electron chi connectivity index (χ0n) is 10.8. The minimum atomic E-state index is -0.161.